The number of anilines is 1. The predicted octanol–water partition coefficient (Wildman–Crippen LogP) is 2.86. The Hall–Kier alpha value is -1.81. The van der Waals surface area contributed by atoms with Crippen LogP contribution < -0.4 is 11.1 Å². The van der Waals surface area contributed by atoms with E-state index < -0.39 is 0 Å². The molecule has 1 fully saturated rings. The Bertz CT molecular complexity index is 550. The van der Waals surface area contributed by atoms with Crippen molar-refractivity contribution in [1.82, 2.24) is 9.55 Å². The highest BCUT2D eigenvalue weighted by Crippen LogP contribution is 2.27. The number of nitrogens with zero attached hydrogens (tertiary/aromatic N) is 2. The molecule has 1 aromatic carbocycles. The molecule has 1 aliphatic carbocycles. The van der Waals surface area contributed by atoms with E-state index in [1.165, 1.54) is 36.9 Å². The van der Waals surface area contributed by atoms with E-state index in [2.05, 4.69) is 39.1 Å². The van der Waals surface area contributed by atoms with Crippen LogP contribution in [0, 0.1) is 5.92 Å². The van der Waals surface area contributed by atoms with Gasteiger partial charge in [-0.25, -0.2) is 4.98 Å². The SMILES string of the molecule is NCC1CCCCC1Nc1cccc(Cn2ccnc2)c1. The Morgan fingerprint density at radius 3 is 3.00 bits per heavy atom. The maximum atomic E-state index is 5.92. The Morgan fingerprint density at radius 1 is 1.29 bits per heavy atom. The summed E-state index contributed by atoms with van der Waals surface area (Å²) < 4.78 is 2.09. The molecule has 0 aliphatic heterocycles. The number of nitrogens with one attached hydrogen (secondary N) is 1. The van der Waals surface area contributed by atoms with Crippen LogP contribution in [0.2, 0.25) is 0 Å². The summed E-state index contributed by atoms with van der Waals surface area (Å²) >= 11 is 0. The fourth-order valence-electron chi connectivity index (χ4n) is 3.24. The van der Waals surface area contributed by atoms with Crippen molar-refractivity contribution in [1.29, 1.82) is 0 Å². The largest absolute Gasteiger partial charge is 0.382 e. The Morgan fingerprint density at radius 2 is 2.19 bits per heavy atom. The van der Waals surface area contributed by atoms with Crippen LogP contribution in [0.15, 0.2) is 43.0 Å². The minimum atomic E-state index is 0.521. The lowest BCUT2D eigenvalue weighted by Gasteiger charge is -2.32. The van der Waals surface area contributed by atoms with E-state index in [9.17, 15) is 0 Å². The maximum Gasteiger partial charge on any atom is 0.0949 e. The molecule has 3 N–H and O–H groups in total. The second-order valence-corrected chi connectivity index (χ2v) is 5.97. The Labute approximate surface area is 126 Å². The van der Waals surface area contributed by atoms with Gasteiger partial charge in [0, 0.05) is 30.7 Å². The molecular weight excluding hydrogens is 260 g/mol. The first-order valence-corrected chi connectivity index (χ1v) is 7.86. The number of aromatic nitrogens is 2. The molecule has 0 radical (unpaired) electrons. The van der Waals surface area contributed by atoms with Gasteiger partial charge in [-0.1, -0.05) is 25.0 Å². The average Bonchev–Trinajstić information content (AvgIpc) is 3.01. The molecule has 1 saturated carbocycles. The molecule has 4 heteroatoms. The summed E-state index contributed by atoms with van der Waals surface area (Å²) in [5.74, 6) is 0.607. The molecule has 0 amide bonds. The number of imidazole rings is 1. The highest BCUT2D eigenvalue weighted by atomic mass is 15.0. The van der Waals surface area contributed by atoms with Crippen molar-refractivity contribution in [3.05, 3.63) is 48.5 Å². The van der Waals surface area contributed by atoms with Gasteiger partial charge in [0.15, 0.2) is 0 Å². The zero-order valence-electron chi connectivity index (χ0n) is 12.4. The highest BCUT2D eigenvalue weighted by molar-refractivity contribution is 5.46. The molecule has 2 aromatic rings. The molecule has 21 heavy (non-hydrogen) atoms. The molecule has 4 nitrogen and oxygen atoms in total. The van der Waals surface area contributed by atoms with E-state index in [0.717, 1.165) is 13.1 Å². The fraction of sp³-hybridized carbons (Fsp3) is 0.471. The molecule has 112 valence electrons. The second kappa shape index (κ2) is 6.76. The average molecular weight is 284 g/mol. The number of benzene rings is 1. The van der Waals surface area contributed by atoms with Gasteiger partial charge in [-0.2, -0.15) is 0 Å². The van der Waals surface area contributed by atoms with E-state index >= 15 is 0 Å². The molecule has 1 aromatic heterocycles. The third-order valence-corrected chi connectivity index (χ3v) is 4.42. The van der Waals surface area contributed by atoms with Gasteiger partial charge in [-0.3, -0.25) is 0 Å². The third-order valence-electron chi connectivity index (χ3n) is 4.42. The van der Waals surface area contributed by atoms with E-state index in [1.807, 2.05) is 18.7 Å². The van der Waals surface area contributed by atoms with Gasteiger partial charge in [0.05, 0.1) is 6.33 Å². The van der Waals surface area contributed by atoms with Crippen molar-refractivity contribution < 1.29 is 0 Å². The highest BCUT2D eigenvalue weighted by Gasteiger charge is 2.23. The number of hydrogen-bond acceptors (Lipinski definition) is 3. The first-order chi connectivity index (χ1) is 10.3. The minimum Gasteiger partial charge on any atom is -0.382 e. The molecular formula is C17H24N4. The molecule has 0 spiro atoms. The summed E-state index contributed by atoms with van der Waals surface area (Å²) in [6.45, 7) is 1.65. The molecule has 1 heterocycles. The van der Waals surface area contributed by atoms with Crippen LogP contribution in [-0.4, -0.2) is 22.1 Å². The van der Waals surface area contributed by atoms with Gasteiger partial charge in [0.1, 0.15) is 0 Å². The Balaban J connectivity index is 1.67. The van der Waals surface area contributed by atoms with Crippen molar-refractivity contribution in [2.75, 3.05) is 11.9 Å². The molecule has 1 aliphatic rings. The molecule has 0 saturated heterocycles. The van der Waals surface area contributed by atoms with E-state index in [-0.39, 0.29) is 0 Å². The minimum absolute atomic E-state index is 0.521. The van der Waals surface area contributed by atoms with E-state index in [1.54, 1.807) is 0 Å². The summed E-state index contributed by atoms with van der Waals surface area (Å²) in [5.41, 5.74) is 8.41. The standard InChI is InChI=1S/C17H24N4/c18-11-15-5-1-2-7-17(15)20-16-6-3-4-14(10-16)12-21-9-8-19-13-21/h3-4,6,8-10,13,15,17,20H,1-2,5,7,11-12,18H2. The van der Waals surface area contributed by atoms with E-state index in [4.69, 9.17) is 5.73 Å². The van der Waals surface area contributed by atoms with Crippen molar-refractivity contribution in [3.63, 3.8) is 0 Å². The normalized spacial score (nSPS) is 22.1. The molecule has 3 rings (SSSR count). The summed E-state index contributed by atoms with van der Waals surface area (Å²) in [7, 11) is 0. The van der Waals surface area contributed by atoms with Crippen LogP contribution in [0.1, 0.15) is 31.2 Å². The maximum absolute atomic E-state index is 5.92. The first-order valence-electron chi connectivity index (χ1n) is 7.86. The van der Waals surface area contributed by atoms with Crippen LogP contribution in [0.3, 0.4) is 0 Å². The van der Waals surface area contributed by atoms with Gasteiger partial charge in [0.2, 0.25) is 0 Å². The van der Waals surface area contributed by atoms with Gasteiger partial charge in [-0.05, 0) is 43.0 Å². The lowest BCUT2D eigenvalue weighted by Crippen LogP contribution is -2.36. The zero-order chi connectivity index (χ0) is 14.5. The smallest absolute Gasteiger partial charge is 0.0949 e. The zero-order valence-corrected chi connectivity index (χ0v) is 12.4. The van der Waals surface area contributed by atoms with Crippen molar-refractivity contribution in [2.24, 2.45) is 11.7 Å². The number of hydrogen-bond donors (Lipinski definition) is 2. The van der Waals surface area contributed by atoms with Crippen LogP contribution in [0.5, 0.6) is 0 Å². The Kier molecular flexibility index (Phi) is 4.55. The monoisotopic (exact) mass is 284 g/mol. The van der Waals surface area contributed by atoms with Crippen molar-refractivity contribution in [2.45, 2.75) is 38.3 Å². The van der Waals surface area contributed by atoms with Crippen LogP contribution >= 0.6 is 0 Å². The van der Waals surface area contributed by atoms with Crippen LogP contribution in [-0.2, 0) is 6.54 Å². The second-order valence-electron chi connectivity index (χ2n) is 5.97. The summed E-state index contributed by atoms with van der Waals surface area (Å²) in [6.07, 6.45) is 10.8. The quantitative estimate of drug-likeness (QED) is 0.887. The van der Waals surface area contributed by atoms with Crippen LogP contribution in [0.25, 0.3) is 0 Å². The van der Waals surface area contributed by atoms with Gasteiger partial charge >= 0.3 is 0 Å². The third kappa shape index (κ3) is 3.64. The first kappa shape index (κ1) is 14.1. The summed E-state index contributed by atoms with van der Waals surface area (Å²) in [4.78, 5) is 4.09. The van der Waals surface area contributed by atoms with Gasteiger partial charge in [0.25, 0.3) is 0 Å². The predicted molar refractivity (Wildman–Crippen MR) is 86.2 cm³/mol. The molecule has 2 atom stereocenters. The number of nitrogens with two attached hydrogens (primary N) is 1. The van der Waals surface area contributed by atoms with Crippen molar-refractivity contribution in [3.8, 4) is 0 Å². The summed E-state index contributed by atoms with van der Waals surface area (Å²) in [6, 6.07) is 9.19. The lowest BCUT2D eigenvalue weighted by molar-refractivity contribution is 0.332. The molecule has 0 bridgehead atoms. The van der Waals surface area contributed by atoms with Gasteiger partial charge in [-0.15, -0.1) is 0 Å². The fourth-order valence-corrected chi connectivity index (χ4v) is 3.24. The van der Waals surface area contributed by atoms with E-state index in [0.29, 0.717) is 12.0 Å². The van der Waals surface area contributed by atoms with Gasteiger partial charge < -0.3 is 15.6 Å². The summed E-state index contributed by atoms with van der Waals surface area (Å²) in [5, 5.41) is 3.70. The topological polar surface area (TPSA) is 55.9 Å². The number of rotatable bonds is 5. The molecule has 2 unspecified atom stereocenters. The van der Waals surface area contributed by atoms with Crippen LogP contribution in [0.4, 0.5) is 5.69 Å². The van der Waals surface area contributed by atoms with Crippen molar-refractivity contribution >= 4 is 5.69 Å². The lowest BCUT2D eigenvalue weighted by atomic mass is 9.84.